The molecule has 0 saturated heterocycles. The molecule has 1 atom stereocenters. The first-order valence-corrected chi connectivity index (χ1v) is 10.4. The van der Waals surface area contributed by atoms with Gasteiger partial charge < -0.3 is 20.1 Å². The molecule has 0 aliphatic carbocycles. The lowest BCUT2D eigenvalue weighted by Gasteiger charge is -2.24. The highest BCUT2D eigenvalue weighted by Crippen LogP contribution is 2.39. The summed E-state index contributed by atoms with van der Waals surface area (Å²) in [5.41, 5.74) is 4.94. The molecule has 2 amide bonds. The summed E-state index contributed by atoms with van der Waals surface area (Å²) in [4.78, 5) is 14.4. The van der Waals surface area contributed by atoms with Gasteiger partial charge in [0, 0.05) is 36.6 Å². The van der Waals surface area contributed by atoms with Crippen LogP contribution in [0.25, 0.3) is 5.57 Å². The molecule has 0 fully saturated rings. The highest BCUT2D eigenvalue weighted by atomic mass is 16.5. The summed E-state index contributed by atoms with van der Waals surface area (Å²) >= 11 is 0. The number of urea groups is 1. The van der Waals surface area contributed by atoms with Gasteiger partial charge in [-0.3, -0.25) is 10.00 Å². The predicted molar refractivity (Wildman–Crippen MR) is 124 cm³/mol. The monoisotopic (exact) mass is 433 g/mol. The molecule has 2 heterocycles. The molecule has 0 saturated carbocycles. The van der Waals surface area contributed by atoms with Crippen molar-refractivity contribution in [2.24, 2.45) is 0 Å². The normalized spacial score (nSPS) is 15.3. The number of ether oxygens (including phenoxy) is 2. The van der Waals surface area contributed by atoms with Gasteiger partial charge in [0.25, 0.3) is 0 Å². The topological polar surface area (TPSA) is 91.5 Å². The number of benzene rings is 2. The van der Waals surface area contributed by atoms with Crippen LogP contribution in [0.1, 0.15) is 23.6 Å². The minimum atomic E-state index is -0.153. The van der Waals surface area contributed by atoms with Crippen LogP contribution in [0, 0.1) is 0 Å². The third-order valence-electron chi connectivity index (χ3n) is 5.58. The number of aromatic amines is 1. The van der Waals surface area contributed by atoms with Gasteiger partial charge in [-0.05, 0) is 54.3 Å². The van der Waals surface area contributed by atoms with Gasteiger partial charge in [0.15, 0.2) is 11.5 Å². The largest absolute Gasteiger partial charge is 0.493 e. The van der Waals surface area contributed by atoms with Gasteiger partial charge in [0.2, 0.25) is 0 Å². The first-order valence-electron chi connectivity index (χ1n) is 10.4. The number of nitrogens with one attached hydrogen (secondary N) is 3. The molecular formula is C24H27N5O3. The van der Waals surface area contributed by atoms with Crippen LogP contribution in [-0.2, 0) is 6.42 Å². The maximum Gasteiger partial charge on any atom is 0.321 e. The van der Waals surface area contributed by atoms with E-state index in [2.05, 4.69) is 20.8 Å². The number of hydrogen-bond acceptors (Lipinski definition) is 5. The molecule has 1 unspecified atom stereocenters. The second-order valence-corrected chi connectivity index (χ2v) is 7.60. The number of fused-ring (bicyclic) bond motifs is 1. The molecule has 4 rings (SSSR count). The average molecular weight is 434 g/mol. The van der Waals surface area contributed by atoms with E-state index in [1.165, 1.54) is 0 Å². The van der Waals surface area contributed by atoms with E-state index in [-0.39, 0.29) is 12.1 Å². The highest BCUT2D eigenvalue weighted by molar-refractivity contribution is 5.87. The Hall–Kier alpha value is -3.94. The summed E-state index contributed by atoms with van der Waals surface area (Å²) in [7, 11) is 4.89. The fourth-order valence-corrected chi connectivity index (χ4v) is 3.93. The van der Waals surface area contributed by atoms with E-state index >= 15 is 0 Å². The van der Waals surface area contributed by atoms with Crippen molar-refractivity contribution in [1.29, 1.82) is 0 Å². The zero-order valence-corrected chi connectivity index (χ0v) is 18.6. The number of methoxy groups -OCH3 is 2. The third-order valence-corrected chi connectivity index (χ3v) is 5.58. The number of amides is 2. The predicted octanol–water partition coefficient (Wildman–Crippen LogP) is 4.15. The summed E-state index contributed by atoms with van der Waals surface area (Å²) < 4.78 is 11.1. The second-order valence-electron chi connectivity index (χ2n) is 7.60. The van der Waals surface area contributed by atoms with E-state index in [0.29, 0.717) is 17.9 Å². The number of H-pyrrole nitrogens is 1. The van der Waals surface area contributed by atoms with Crippen molar-refractivity contribution < 1.29 is 14.3 Å². The first-order chi connectivity index (χ1) is 15.5. The lowest BCUT2D eigenvalue weighted by atomic mass is 9.92. The lowest BCUT2D eigenvalue weighted by molar-refractivity contribution is 0.205. The van der Waals surface area contributed by atoms with Crippen LogP contribution in [-0.4, -0.2) is 48.4 Å². The zero-order valence-electron chi connectivity index (χ0n) is 18.6. The Labute approximate surface area is 187 Å². The minimum absolute atomic E-state index is 0.0365. The second kappa shape index (κ2) is 9.05. The van der Waals surface area contributed by atoms with Gasteiger partial charge >= 0.3 is 6.03 Å². The van der Waals surface area contributed by atoms with Gasteiger partial charge in [-0.2, -0.15) is 5.10 Å². The standard InChI is InChI=1S/C24H27N5O3/c1-15-11-17-12-21(31-3)22(32-4)13-19(17)20(14-29(15)24(30)25-2)16-5-7-18(8-6-16)27-23-9-10-26-28-23/h5-10,12-15H,11H2,1-4H3,(H,25,30)(H2,26,27,28). The molecule has 8 nitrogen and oxygen atoms in total. The molecule has 0 radical (unpaired) electrons. The fourth-order valence-electron chi connectivity index (χ4n) is 3.93. The Morgan fingerprint density at radius 3 is 2.47 bits per heavy atom. The van der Waals surface area contributed by atoms with Crippen molar-refractivity contribution in [3.63, 3.8) is 0 Å². The van der Waals surface area contributed by atoms with Gasteiger partial charge in [0.05, 0.1) is 20.4 Å². The maximum absolute atomic E-state index is 12.6. The van der Waals surface area contributed by atoms with E-state index in [9.17, 15) is 4.79 Å². The van der Waals surface area contributed by atoms with Crippen LogP contribution >= 0.6 is 0 Å². The van der Waals surface area contributed by atoms with E-state index in [4.69, 9.17) is 9.47 Å². The van der Waals surface area contributed by atoms with Crippen LogP contribution in [0.3, 0.4) is 0 Å². The number of aromatic nitrogens is 2. The number of rotatable bonds is 5. The van der Waals surface area contributed by atoms with Crippen molar-refractivity contribution in [2.45, 2.75) is 19.4 Å². The molecule has 32 heavy (non-hydrogen) atoms. The number of anilines is 2. The molecule has 166 valence electrons. The van der Waals surface area contributed by atoms with Crippen LogP contribution in [0.15, 0.2) is 54.9 Å². The molecule has 2 aromatic carbocycles. The average Bonchev–Trinajstić information content (AvgIpc) is 3.28. The SMILES string of the molecule is CNC(=O)N1C=C(c2ccc(Nc3ccn[nH]3)cc2)c2cc(OC)c(OC)cc2CC1C. The zero-order chi connectivity index (χ0) is 22.7. The maximum atomic E-state index is 12.6. The molecule has 8 heteroatoms. The summed E-state index contributed by atoms with van der Waals surface area (Å²) in [6.07, 6.45) is 4.29. The van der Waals surface area contributed by atoms with Gasteiger partial charge in [-0.25, -0.2) is 4.79 Å². The van der Waals surface area contributed by atoms with Crippen molar-refractivity contribution >= 4 is 23.1 Å². The first kappa shape index (κ1) is 21.3. The molecule has 3 aromatic rings. The number of hydrogen-bond donors (Lipinski definition) is 3. The molecule has 1 aromatic heterocycles. The van der Waals surface area contributed by atoms with Crippen molar-refractivity contribution in [2.75, 3.05) is 26.6 Å². The molecule has 3 N–H and O–H groups in total. The Bertz CT molecular complexity index is 1120. The third kappa shape index (κ3) is 4.12. The minimum Gasteiger partial charge on any atom is -0.493 e. The fraction of sp³-hybridized carbons (Fsp3) is 0.250. The van der Waals surface area contributed by atoms with Crippen LogP contribution in [0.5, 0.6) is 11.5 Å². The number of nitrogens with zero attached hydrogens (tertiary/aromatic N) is 2. The molecule has 0 spiro atoms. The number of carbonyl (C=O) groups excluding carboxylic acids is 1. The summed E-state index contributed by atoms with van der Waals surface area (Å²) in [5, 5.41) is 12.9. The van der Waals surface area contributed by atoms with Gasteiger partial charge in [-0.1, -0.05) is 12.1 Å². The summed E-state index contributed by atoms with van der Waals surface area (Å²) in [6, 6.07) is 13.7. The van der Waals surface area contributed by atoms with Gasteiger partial charge in [-0.15, -0.1) is 0 Å². The molecular weight excluding hydrogens is 406 g/mol. The Balaban J connectivity index is 1.80. The van der Waals surface area contributed by atoms with Crippen LogP contribution < -0.4 is 20.1 Å². The quantitative estimate of drug-likeness (QED) is 0.562. The van der Waals surface area contributed by atoms with Gasteiger partial charge in [0.1, 0.15) is 5.82 Å². The van der Waals surface area contributed by atoms with Crippen LogP contribution in [0.4, 0.5) is 16.3 Å². The Morgan fingerprint density at radius 2 is 1.84 bits per heavy atom. The Kier molecular flexibility index (Phi) is 6.02. The van der Waals surface area contributed by atoms with Crippen molar-refractivity contribution in [1.82, 2.24) is 20.4 Å². The van der Waals surface area contributed by atoms with E-state index in [1.54, 1.807) is 32.4 Å². The smallest absolute Gasteiger partial charge is 0.321 e. The lowest BCUT2D eigenvalue weighted by Crippen LogP contribution is -2.40. The summed E-state index contributed by atoms with van der Waals surface area (Å²) in [6.45, 7) is 2.03. The Morgan fingerprint density at radius 1 is 1.12 bits per heavy atom. The van der Waals surface area contributed by atoms with Crippen molar-refractivity contribution in [3.8, 4) is 11.5 Å². The molecule has 1 aliphatic heterocycles. The number of carbonyl (C=O) groups is 1. The summed E-state index contributed by atoms with van der Waals surface area (Å²) in [5.74, 6) is 2.13. The molecule has 0 bridgehead atoms. The molecule has 1 aliphatic rings. The van der Waals surface area contributed by atoms with Crippen LogP contribution in [0.2, 0.25) is 0 Å². The van der Waals surface area contributed by atoms with Crippen molar-refractivity contribution in [3.05, 3.63) is 71.6 Å². The van der Waals surface area contributed by atoms with E-state index in [1.807, 2.05) is 55.6 Å². The van der Waals surface area contributed by atoms with E-state index in [0.717, 1.165) is 33.8 Å². The highest BCUT2D eigenvalue weighted by Gasteiger charge is 2.26. The van der Waals surface area contributed by atoms with E-state index < -0.39 is 0 Å².